The van der Waals surface area contributed by atoms with Gasteiger partial charge in [-0.15, -0.1) is 0 Å². The van der Waals surface area contributed by atoms with Crippen LogP contribution in [0.4, 0.5) is 0 Å². The molecule has 0 aromatic heterocycles. The third-order valence-electron chi connectivity index (χ3n) is 4.77. The molecule has 0 amide bonds. The van der Waals surface area contributed by atoms with Crippen molar-refractivity contribution in [2.45, 2.75) is 116 Å². The lowest BCUT2D eigenvalue weighted by Crippen LogP contribution is -2.23. The van der Waals surface area contributed by atoms with Gasteiger partial charge in [-0.3, -0.25) is 0 Å². The van der Waals surface area contributed by atoms with Gasteiger partial charge in [0.1, 0.15) is 0 Å². The van der Waals surface area contributed by atoms with Crippen LogP contribution >= 0.6 is 0 Å². The van der Waals surface area contributed by atoms with E-state index in [4.69, 9.17) is 5.11 Å². The first kappa shape index (κ1) is 22.4. The summed E-state index contributed by atoms with van der Waals surface area (Å²) in [5.74, 6) is -0.695. The van der Waals surface area contributed by atoms with E-state index in [1.54, 1.807) is 0 Å². The predicted octanol–water partition coefficient (Wildman–Crippen LogP) is 5.94. The summed E-state index contributed by atoms with van der Waals surface area (Å²) in [6.07, 6.45) is 16.6. The van der Waals surface area contributed by atoms with Crippen LogP contribution in [0.1, 0.15) is 110 Å². The first-order valence-electron chi connectivity index (χ1n) is 10.0. The van der Waals surface area contributed by atoms with Crippen molar-refractivity contribution in [1.29, 1.82) is 0 Å². The van der Waals surface area contributed by atoms with Crippen molar-refractivity contribution >= 4 is 5.97 Å². The highest BCUT2D eigenvalue weighted by Gasteiger charge is 2.19. The fraction of sp³-hybridized carbons (Fsp3) is 0.950. The van der Waals surface area contributed by atoms with Gasteiger partial charge in [-0.2, -0.15) is 0 Å². The highest BCUT2D eigenvalue weighted by molar-refractivity contribution is 5.71. The Morgan fingerprint density at radius 1 is 0.739 bits per heavy atom. The minimum absolute atomic E-state index is 0.374. The van der Waals surface area contributed by atoms with E-state index in [1.807, 2.05) is 0 Å². The maximum absolute atomic E-state index is 10.9. The monoisotopic (exact) mass is 328 g/mol. The van der Waals surface area contributed by atoms with E-state index >= 15 is 0 Å². The number of unbranched alkanes of at least 4 members (excludes halogenated alkanes) is 10. The van der Waals surface area contributed by atoms with Crippen molar-refractivity contribution in [1.82, 2.24) is 0 Å². The molecular formula is C20H40O3. The molecule has 3 nitrogen and oxygen atoms in total. The number of carboxylic acid groups (broad SMARTS) is 1. The van der Waals surface area contributed by atoms with Crippen LogP contribution in [0.25, 0.3) is 0 Å². The Morgan fingerprint density at radius 2 is 1.13 bits per heavy atom. The van der Waals surface area contributed by atoms with Crippen LogP contribution < -0.4 is 0 Å². The highest BCUT2D eigenvalue weighted by atomic mass is 16.4. The van der Waals surface area contributed by atoms with Crippen molar-refractivity contribution in [3.8, 4) is 0 Å². The minimum Gasteiger partial charge on any atom is -0.479 e. The molecule has 0 aliphatic rings. The number of carboxylic acids is 1. The van der Waals surface area contributed by atoms with Gasteiger partial charge < -0.3 is 10.2 Å². The van der Waals surface area contributed by atoms with Gasteiger partial charge in [-0.25, -0.2) is 4.79 Å². The molecule has 0 heterocycles. The van der Waals surface area contributed by atoms with Crippen molar-refractivity contribution in [3.63, 3.8) is 0 Å². The zero-order valence-corrected chi connectivity index (χ0v) is 15.6. The van der Waals surface area contributed by atoms with Crippen LogP contribution in [0.15, 0.2) is 0 Å². The van der Waals surface area contributed by atoms with Gasteiger partial charge in [0.05, 0.1) is 0 Å². The van der Waals surface area contributed by atoms with E-state index < -0.39 is 12.1 Å². The summed E-state index contributed by atoms with van der Waals surface area (Å²) in [6.45, 7) is 4.45. The molecule has 0 bridgehead atoms. The van der Waals surface area contributed by atoms with E-state index in [0.717, 1.165) is 12.8 Å². The number of rotatable bonds is 17. The van der Waals surface area contributed by atoms with Gasteiger partial charge in [0.15, 0.2) is 6.10 Å². The summed E-state index contributed by atoms with van der Waals surface area (Å²) in [7, 11) is 0. The number of hydrogen-bond acceptors (Lipinski definition) is 2. The number of carbonyl (C=O) groups is 1. The molecule has 3 heteroatoms. The van der Waals surface area contributed by atoms with Gasteiger partial charge in [-0.05, 0) is 12.3 Å². The Balaban J connectivity index is 3.91. The number of aliphatic hydroxyl groups excluding tert-OH is 1. The number of aliphatic carboxylic acids is 1. The van der Waals surface area contributed by atoms with Gasteiger partial charge >= 0.3 is 5.97 Å². The molecule has 0 spiro atoms. The Labute approximate surface area is 143 Å². The largest absolute Gasteiger partial charge is 0.479 e. The topological polar surface area (TPSA) is 57.5 Å². The van der Waals surface area contributed by atoms with Crippen molar-refractivity contribution < 1.29 is 15.0 Å². The van der Waals surface area contributed by atoms with E-state index in [9.17, 15) is 9.90 Å². The third kappa shape index (κ3) is 14.7. The second kappa shape index (κ2) is 16.3. The second-order valence-corrected chi connectivity index (χ2v) is 7.07. The standard InChI is InChI=1S/C20H40O3/c1-3-5-7-9-11-13-15-18(17-19(21)20(22)23)16-14-12-10-8-6-4-2/h18-19,21H,3-17H2,1-2H3,(H,22,23). The van der Waals surface area contributed by atoms with Crippen molar-refractivity contribution in [2.75, 3.05) is 0 Å². The molecule has 1 unspecified atom stereocenters. The molecule has 0 saturated heterocycles. The van der Waals surface area contributed by atoms with Gasteiger partial charge in [0, 0.05) is 0 Å². The molecule has 138 valence electrons. The molecule has 23 heavy (non-hydrogen) atoms. The SMILES string of the molecule is CCCCCCCCC(CCCCCCCC)CC(O)C(=O)O. The smallest absolute Gasteiger partial charge is 0.332 e. The Kier molecular flexibility index (Phi) is 15.9. The first-order valence-corrected chi connectivity index (χ1v) is 10.0. The quantitative estimate of drug-likeness (QED) is 0.325. The van der Waals surface area contributed by atoms with Crippen molar-refractivity contribution in [2.24, 2.45) is 5.92 Å². The molecule has 0 aromatic carbocycles. The lowest BCUT2D eigenvalue weighted by atomic mass is 9.89. The summed E-state index contributed by atoms with van der Waals surface area (Å²) in [4.78, 5) is 10.9. The fourth-order valence-electron chi connectivity index (χ4n) is 3.22. The average Bonchev–Trinajstić information content (AvgIpc) is 2.53. The van der Waals surface area contributed by atoms with Crippen molar-refractivity contribution in [3.05, 3.63) is 0 Å². The Bertz CT molecular complexity index is 250. The van der Waals surface area contributed by atoms with Gasteiger partial charge in [0.2, 0.25) is 0 Å². The summed E-state index contributed by atoms with van der Waals surface area (Å²) in [5, 5.41) is 18.6. The van der Waals surface area contributed by atoms with Crippen LogP contribution in [-0.2, 0) is 4.79 Å². The normalized spacial score (nSPS) is 12.7. The van der Waals surface area contributed by atoms with Crippen LogP contribution in [0, 0.1) is 5.92 Å². The van der Waals surface area contributed by atoms with E-state index in [1.165, 1.54) is 77.0 Å². The minimum atomic E-state index is -1.18. The molecule has 0 rings (SSSR count). The molecule has 0 aliphatic heterocycles. The average molecular weight is 329 g/mol. The molecule has 0 saturated carbocycles. The highest BCUT2D eigenvalue weighted by Crippen LogP contribution is 2.23. The van der Waals surface area contributed by atoms with E-state index in [-0.39, 0.29) is 0 Å². The molecule has 1 atom stereocenters. The second-order valence-electron chi connectivity index (χ2n) is 7.07. The summed E-state index contributed by atoms with van der Waals surface area (Å²) >= 11 is 0. The predicted molar refractivity (Wildman–Crippen MR) is 97.7 cm³/mol. The van der Waals surface area contributed by atoms with Gasteiger partial charge in [-0.1, -0.05) is 104 Å². The van der Waals surface area contributed by atoms with Crippen LogP contribution in [0.2, 0.25) is 0 Å². The third-order valence-corrected chi connectivity index (χ3v) is 4.77. The lowest BCUT2D eigenvalue weighted by molar-refractivity contribution is -0.147. The summed E-state index contributed by atoms with van der Waals surface area (Å²) in [6, 6.07) is 0. The Hall–Kier alpha value is -0.570. The van der Waals surface area contributed by atoms with Gasteiger partial charge in [0.25, 0.3) is 0 Å². The molecule has 2 N–H and O–H groups in total. The maximum atomic E-state index is 10.9. The molecule has 0 fully saturated rings. The van der Waals surface area contributed by atoms with Crippen LogP contribution in [0.5, 0.6) is 0 Å². The van der Waals surface area contributed by atoms with Crippen LogP contribution in [0.3, 0.4) is 0 Å². The van der Waals surface area contributed by atoms with E-state index in [0.29, 0.717) is 12.3 Å². The zero-order valence-electron chi connectivity index (χ0n) is 15.6. The summed E-state index contributed by atoms with van der Waals surface area (Å²) in [5.41, 5.74) is 0. The Morgan fingerprint density at radius 3 is 1.52 bits per heavy atom. The number of hydrogen-bond donors (Lipinski definition) is 2. The first-order chi connectivity index (χ1) is 11.1. The fourth-order valence-corrected chi connectivity index (χ4v) is 3.22. The number of aliphatic hydroxyl groups is 1. The molecule has 0 aromatic rings. The van der Waals surface area contributed by atoms with Crippen LogP contribution in [-0.4, -0.2) is 22.3 Å². The maximum Gasteiger partial charge on any atom is 0.332 e. The summed E-state index contributed by atoms with van der Waals surface area (Å²) < 4.78 is 0. The zero-order chi connectivity index (χ0) is 17.3. The molecule has 0 aliphatic carbocycles. The molecule has 0 radical (unpaired) electrons. The van der Waals surface area contributed by atoms with E-state index in [2.05, 4.69) is 13.8 Å². The lowest BCUT2D eigenvalue weighted by Gasteiger charge is -2.18. The molecular weight excluding hydrogens is 288 g/mol.